The highest BCUT2D eigenvalue weighted by Gasteiger charge is 2.21. The first-order chi connectivity index (χ1) is 9.31. The Kier molecular flexibility index (Phi) is 5.45. The van der Waals surface area contributed by atoms with Crippen LogP contribution in [0.5, 0.6) is 5.75 Å². The molecule has 0 fully saturated rings. The van der Waals surface area contributed by atoms with Gasteiger partial charge in [0.15, 0.2) is 0 Å². The molecule has 7 nitrogen and oxygen atoms in total. The highest BCUT2D eigenvalue weighted by molar-refractivity contribution is 5.98. The summed E-state index contributed by atoms with van der Waals surface area (Å²) in [6.45, 7) is 2.62. The number of nitrogens with zero attached hydrogens (tertiary/aromatic N) is 2. The topological polar surface area (TPSA) is 95.7 Å². The number of aromatic hydroxyl groups is 1. The number of phenolic OH excluding ortho intramolecular Hbond substituents is 1. The standard InChI is InChI=1S/C13H19N3O4/c1-9(6-7-15(2)3)14-13(18)11-8-10(17)4-5-12(11)16(19)20/h4-5,8-9,17H,6-7H2,1-3H3,(H,14,18). The van der Waals surface area contributed by atoms with Crippen LogP contribution in [0.2, 0.25) is 0 Å². The van der Waals surface area contributed by atoms with E-state index in [1.165, 1.54) is 6.07 Å². The number of carbonyl (C=O) groups is 1. The van der Waals surface area contributed by atoms with Gasteiger partial charge in [0, 0.05) is 12.1 Å². The van der Waals surface area contributed by atoms with Gasteiger partial charge in [0.25, 0.3) is 11.6 Å². The van der Waals surface area contributed by atoms with Crippen LogP contribution < -0.4 is 5.32 Å². The van der Waals surface area contributed by atoms with E-state index < -0.39 is 10.8 Å². The van der Waals surface area contributed by atoms with Crippen LogP contribution in [0, 0.1) is 10.1 Å². The summed E-state index contributed by atoms with van der Waals surface area (Å²) in [7, 11) is 3.85. The minimum absolute atomic E-state index is 0.119. The molecular formula is C13H19N3O4. The zero-order valence-corrected chi connectivity index (χ0v) is 11.8. The van der Waals surface area contributed by atoms with E-state index in [9.17, 15) is 20.0 Å². The molecule has 1 atom stereocenters. The molecular weight excluding hydrogens is 262 g/mol. The largest absolute Gasteiger partial charge is 0.508 e. The molecule has 1 rings (SSSR count). The minimum atomic E-state index is -0.640. The van der Waals surface area contributed by atoms with Gasteiger partial charge in [0.2, 0.25) is 0 Å². The van der Waals surface area contributed by atoms with Crippen molar-refractivity contribution in [1.29, 1.82) is 0 Å². The fourth-order valence-corrected chi connectivity index (χ4v) is 1.69. The number of benzene rings is 1. The van der Waals surface area contributed by atoms with Crippen molar-refractivity contribution < 1.29 is 14.8 Å². The third-order valence-electron chi connectivity index (χ3n) is 2.81. The van der Waals surface area contributed by atoms with Gasteiger partial charge in [0.05, 0.1) is 4.92 Å². The Balaban J connectivity index is 2.81. The molecule has 0 aliphatic rings. The normalized spacial score (nSPS) is 12.2. The first-order valence-corrected chi connectivity index (χ1v) is 6.24. The van der Waals surface area contributed by atoms with Crippen molar-refractivity contribution in [1.82, 2.24) is 10.2 Å². The molecule has 7 heteroatoms. The second-order valence-corrected chi connectivity index (χ2v) is 4.93. The van der Waals surface area contributed by atoms with Crippen molar-refractivity contribution >= 4 is 11.6 Å². The van der Waals surface area contributed by atoms with Gasteiger partial charge in [0.1, 0.15) is 11.3 Å². The summed E-state index contributed by atoms with van der Waals surface area (Å²) in [4.78, 5) is 24.3. The fourth-order valence-electron chi connectivity index (χ4n) is 1.69. The Bertz CT molecular complexity index is 502. The molecule has 110 valence electrons. The molecule has 1 aromatic rings. The summed E-state index contributed by atoms with van der Waals surface area (Å²) < 4.78 is 0. The lowest BCUT2D eigenvalue weighted by Crippen LogP contribution is -2.35. The lowest BCUT2D eigenvalue weighted by molar-refractivity contribution is -0.385. The first-order valence-electron chi connectivity index (χ1n) is 6.24. The van der Waals surface area contributed by atoms with E-state index in [2.05, 4.69) is 5.32 Å². The van der Waals surface area contributed by atoms with Crippen molar-refractivity contribution in [2.24, 2.45) is 0 Å². The molecule has 0 radical (unpaired) electrons. The number of nitrogens with one attached hydrogen (secondary N) is 1. The van der Waals surface area contributed by atoms with Crippen molar-refractivity contribution in [3.63, 3.8) is 0 Å². The summed E-state index contributed by atoms with van der Waals surface area (Å²) in [5, 5.41) is 22.9. The van der Waals surface area contributed by atoms with Gasteiger partial charge >= 0.3 is 0 Å². The molecule has 20 heavy (non-hydrogen) atoms. The Morgan fingerprint density at radius 1 is 1.50 bits per heavy atom. The SMILES string of the molecule is CC(CCN(C)C)NC(=O)c1cc(O)ccc1[N+](=O)[O-]. The van der Waals surface area contributed by atoms with Gasteiger partial charge < -0.3 is 15.3 Å². The van der Waals surface area contributed by atoms with E-state index in [0.717, 1.165) is 25.1 Å². The Hall–Kier alpha value is -2.15. The van der Waals surface area contributed by atoms with E-state index in [-0.39, 0.29) is 23.0 Å². The Morgan fingerprint density at radius 3 is 2.70 bits per heavy atom. The maximum atomic E-state index is 12.0. The molecule has 0 bridgehead atoms. The minimum Gasteiger partial charge on any atom is -0.508 e. The molecule has 0 saturated carbocycles. The molecule has 1 aromatic carbocycles. The van der Waals surface area contributed by atoms with Crippen molar-refractivity contribution in [2.75, 3.05) is 20.6 Å². The smallest absolute Gasteiger partial charge is 0.282 e. The number of nitro benzene ring substituents is 1. The van der Waals surface area contributed by atoms with E-state index in [4.69, 9.17) is 0 Å². The molecule has 0 spiro atoms. The molecule has 1 unspecified atom stereocenters. The van der Waals surface area contributed by atoms with Crippen molar-refractivity contribution in [3.05, 3.63) is 33.9 Å². The number of phenols is 1. The number of hydrogen-bond donors (Lipinski definition) is 2. The lowest BCUT2D eigenvalue weighted by atomic mass is 10.1. The van der Waals surface area contributed by atoms with Crippen LogP contribution in [-0.2, 0) is 0 Å². The summed E-state index contributed by atoms with van der Waals surface area (Å²) >= 11 is 0. The van der Waals surface area contributed by atoms with Gasteiger partial charge in [-0.3, -0.25) is 14.9 Å². The molecule has 0 saturated heterocycles. The van der Waals surface area contributed by atoms with Crippen LogP contribution in [0.1, 0.15) is 23.7 Å². The van der Waals surface area contributed by atoms with E-state index in [1.807, 2.05) is 25.9 Å². The van der Waals surface area contributed by atoms with Gasteiger partial charge in [-0.1, -0.05) is 0 Å². The monoisotopic (exact) mass is 281 g/mol. The molecule has 0 aliphatic heterocycles. The lowest BCUT2D eigenvalue weighted by Gasteiger charge is -2.16. The zero-order valence-electron chi connectivity index (χ0n) is 11.8. The highest BCUT2D eigenvalue weighted by atomic mass is 16.6. The van der Waals surface area contributed by atoms with Gasteiger partial charge in [-0.2, -0.15) is 0 Å². The number of rotatable bonds is 6. The molecule has 1 amide bonds. The van der Waals surface area contributed by atoms with Crippen LogP contribution in [0.4, 0.5) is 5.69 Å². The number of hydrogen-bond acceptors (Lipinski definition) is 5. The Morgan fingerprint density at radius 2 is 2.15 bits per heavy atom. The number of carbonyl (C=O) groups excluding carboxylic acids is 1. The molecule has 2 N–H and O–H groups in total. The van der Waals surface area contributed by atoms with Crippen LogP contribution in [0.15, 0.2) is 18.2 Å². The summed E-state index contributed by atoms with van der Waals surface area (Å²) in [5.74, 6) is -0.736. The third-order valence-corrected chi connectivity index (χ3v) is 2.81. The van der Waals surface area contributed by atoms with Crippen LogP contribution in [-0.4, -0.2) is 47.5 Å². The highest BCUT2D eigenvalue weighted by Crippen LogP contribution is 2.23. The third kappa shape index (κ3) is 4.51. The summed E-state index contributed by atoms with van der Waals surface area (Å²) in [6, 6.07) is 3.29. The van der Waals surface area contributed by atoms with Gasteiger partial charge in [-0.05, 0) is 46.1 Å². The fraction of sp³-hybridized carbons (Fsp3) is 0.462. The number of nitro groups is 1. The second kappa shape index (κ2) is 6.85. The maximum Gasteiger partial charge on any atom is 0.282 e. The van der Waals surface area contributed by atoms with E-state index >= 15 is 0 Å². The predicted octanol–water partition coefficient (Wildman–Crippen LogP) is 1.37. The average Bonchev–Trinajstić information content (AvgIpc) is 2.35. The maximum absolute atomic E-state index is 12.0. The number of amides is 1. The predicted molar refractivity (Wildman–Crippen MR) is 74.9 cm³/mol. The van der Waals surface area contributed by atoms with Crippen molar-refractivity contribution in [3.8, 4) is 5.75 Å². The zero-order chi connectivity index (χ0) is 15.3. The second-order valence-electron chi connectivity index (χ2n) is 4.93. The van der Waals surface area contributed by atoms with Crippen molar-refractivity contribution in [2.45, 2.75) is 19.4 Å². The van der Waals surface area contributed by atoms with Crippen LogP contribution in [0.3, 0.4) is 0 Å². The molecule has 0 heterocycles. The summed E-state index contributed by atoms with van der Waals surface area (Å²) in [5.41, 5.74) is -0.452. The van der Waals surface area contributed by atoms with Crippen LogP contribution >= 0.6 is 0 Å². The van der Waals surface area contributed by atoms with Gasteiger partial charge in [-0.25, -0.2) is 0 Å². The van der Waals surface area contributed by atoms with Gasteiger partial charge in [-0.15, -0.1) is 0 Å². The first kappa shape index (κ1) is 15.9. The molecule has 0 aliphatic carbocycles. The quantitative estimate of drug-likeness (QED) is 0.606. The van der Waals surface area contributed by atoms with E-state index in [0.29, 0.717) is 0 Å². The summed E-state index contributed by atoms with van der Waals surface area (Å²) in [6.07, 6.45) is 0.728. The Labute approximate surface area is 117 Å². The van der Waals surface area contributed by atoms with Crippen LogP contribution in [0.25, 0.3) is 0 Å². The van der Waals surface area contributed by atoms with E-state index in [1.54, 1.807) is 0 Å². The average molecular weight is 281 g/mol. The molecule has 0 aromatic heterocycles.